The Bertz CT molecular complexity index is 370. The van der Waals surface area contributed by atoms with Gasteiger partial charge in [0.15, 0.2) is 0 Å². The van der Waals surface area contributed by atoms with Crippen LogP contribution in [-0.2, 0) is 9.53 Å². The average Bonchev–Trinajstić information content (AvgIpc) is 2.81. The molecule has 2 fully saturated rings. The number of rotatable bonds is 3. The maximum absolute atomic E-state index is 12.3. The molecule has 2 saturated heterocycles. The normalized spacial score (nSPS) is 30.3. The lowest BCUT2D eigenvalue weighted by molar-refractivity contribution is -0.141. The van der Waals surface area contributed by atoms with Crippen LogP contribution in [0.5, 0.6) is 0 Å². The van der Waals surface area contributed by atoms with E-state index in [1.54, 1.807) is 7.05 Å². The third-order valence-corrected chi connectivity index (χ3v) is 3.92. The second-order valence-corrected chi connectivity index (χ2v) is 5.64. The van der Waals surface area contributed by atoms with Gasteiger partial charge in [0, 0.05) is 39.1 Å². The molecular weight excluding hydrogens is 264 g/mol. The van der Waals surface area contributed by atoms with Gasteiger partial charge in [0.2, 0.25) is 0 Å². The van der Waals surface area contributed by atoms with Gasteiger partial charge in [-0.2, -0.15) is 0 Å². The highest BCUT2D eigenvalue weighted by molar-refractivity contribution is 5.83. The molecule has 114 valence electrons. The van der Waals surface area contributed by atoms with Crippen molar-refractivity contribution in [2.45, 2.75) is 31.4 Å². The maximum Gasteiger partial charge on any atom is 0.326 e. The number of urea groups is 1. The highest BCUT2D eigenvalue weighted by atomic mass is 16.5. The van der Waals surface area contributed by atoms with Crippen LogP contribution in [0.25, 0.3) is 0 Å². The van der Waals surface area contributed by atoms with E-state index in [2.05, 4.69) is 0 Å². The molecule has 0 spiro atoms. The van der Waals surface area contributed by atoms with Crippen molar-refractivity contribution in [3.8, 4) is 0 Å². The standard InChI is InChI=1S/C13H22N2O5/c1-14(6-9-3-2-4-20-8-9)13(19)15-7-10(16)5-11(15)12(17)18/h9-11,16H,2-8H2,1H3,(H,17,18)/t9?,10?,11-/m0/s1. The molecule has 0 aromatic rings. The molecule has 0 aliphatic carbocycles. The Kier molecular flexibility index (Phi) is 4.82. The fourth-order valence-electron chi connectivity index (χ4n) is 2.90. The number of ether oxygens (including phenoxy) is 1. The van der Waals surface area contributed by atoms with Crippen LogP contribution in [0.3, 0.4) is 0 Å². The SMILES string of the molecule is CN(CC1CCCOC1)C(=O)N1CC(O)C[C@H]1C(=O)O. The molecule has 2 aliphatic rings. The first kappa shape index (κ1) is 15.1. The summed E-state index contributed by atoms with van der Waals surface area (Å²) in [5, 5.41) is 18.7. The van der Waals surface area contributed by atoms with E-state index in [1.807, 2.05) is 0 Å². The second-order valence-electron chi connectivity index (χ2n) is 5.64. The van der Waals surface area contributed by atoms with Crippen LogP contribution in [0.2, 0.25) is 0 Å². The Balaban J connectivity index is 1.93. The van der Waals surface area contributed by atoms with Crippen molar-refractivity contribution in [2.24, 2.45) is 5.92 Å². The van der Waals surface area contributed by atoms with Gasteiger partial charge in [-0.3, -0.25) is 0 Å². The topological polar surface area (TPSA) is 90.3 Å². The first-order valence-electron chi connectivity index (χ1n) is 6.99. The summed E-state index contributed by atoms with van der Waals surface area (Å²) in [7, 11) is 1.67. The zero-order valence-electron chi connectivity index (χ0n) is 11.7. The quantitative estimate of drug-likeness (QED) is 0.761. The molecule has 0 radical (unpaired) electrons. The molecule has 20 heavy (non-hydrogen) atoms. The summed E-state index contributed by atoms with van der Waals surface area (Å²) in [4.78, 5) is 26.2. The molecule has 0 aromatic carbocycles. The van der Waals surface area contributed by atoms with E-state index in [1.165, 1.54) is 9.80 Å². The fourth-order valence-corrected chi connectivity index (χ4v) is 2.90. The van der Waals surface area contributed by atoms with Crippen molar-refractivity contribution in [3.63, 3.8) is 0 Å². The zero-order chi connectivity index (χ0) is 14.7. The summed E-state index contributed by atoms with van der Waals surface area (Å²) >= 11 is 0. The van der Waals surface area contributed by atoms with Gasteiger partial charge in [-0.25, -0.2) is 9.59 Å². The van der Waals surface area contributed by atoms with E-state index in [0.29, 0.717) is 19.1 Å². The van der Waals surface area contributed by atoms with Crippen molar-refractivity contribution >= 4 is 12.0 Å². The number of carbonyl (C=O) groups excluding carboxylic acids is 1. The summed E-state index contributed by atoms with van der Waals surface area (Å²) in [5.41, 5.74) is 0. The predicted octanol–water partition coefficient (Wildman–Crippen LogP) is -0.0154. The zero-order valence-corrected chi connectivity index (χ0v) is 11.7. The molecule has 2 unspecified atom stereocenters. The van der Waals surface area contributed by atoms with Gasteiger partial charge in [-0.05, 0) is 12.8 Å². The molecule has 0 aromatic heterocycles. The van der Waals surface area contributed by atoms with E-state index in [-0.39, 0.29) is 19.0 Å². The van der Waals surface area contributed by atoms with E-state index < -0.39 is 18.1 Å². The molecule has 2 N–H and O–H groups in total. The van der Waals surface area contributed by atoms with Crippen molar-refractivity contribution < 1.29 is 24.5 Å². The lowest BCUT2D eigenvalue weighted by atomic mass is 10.0. The first-order valence-corrected chi connectivity index (χ1v) is 6.99. The van der Waals surface area contributed by atoms with Crippen LogP contribution in [-0.4, -0.2) is 77.5 Å². The molecule has 3 atom stereocenters. The number of aliphatic hydroxyl groups excluding tert-OH is 1. The van der Waals surface area contributed by atoms with E-state index >= 15 is 0 Å². The third-order valence-electron chi connectivity index (χ3n) is 3.92. The average molecular weight is 286 g/mol. The number of hydrogen-bond acceptors (Lipinski definition) is 4. The highest BCUT2D eigenvalue weighted by Crippen LogP contribution is 2.21. The smallest absolute Gasteiger partial charge is 0.326 e. The molecule has 7 nitrogen and oxygen atoms in total. The molecule has 2 heterocycles. The summed E-state index contributed by atoms with van der Waals surface area (Å²) in [5.74, 6) is -0.766. The molecule has 0 bridgehead atoms. The van der Waals surface area contributed by atoms with E-state index in [9.17, 15) is 14.7 Å². The second kappa shape index (κ2) is 6.41. The third kappa shape index (κ3) is 3.40. The van der Waals surface area contributed by atoms with Crippen LogP contribution < -0.4 is 0 Å². The van der Waals surface area contributed by atoms with Gasteiger partial charge in [-0.15, -0.1) is 0 Å². The minimum absolute atomic E-state index is 0.0846. The summed E-state index contributed by atoms with van der Waals surface area (Å²) in [6.07, 6.45) is 1.35. The maximum atomic E-state index is 12.3. The minimum atomic E-state index is -1.07. The molecular formula is C13H22N2O5. The van der Waals surface area contributed by atoms with Crippen molar-refractivity contribution in [2.75, 3.05) is 33.4 Å². The van der Waals surface area contributed by atoms with Gasteiger partial charge >= 0.3 is 12.0 Å². The number of nitrogens with zero attached hydrogens (tertiary/aromatic N) is 2. The van der Waals surface area contributed by atoms with Crippen molar-refractivity contribution in [3.05, 3.63) is 0 Å². The number of β-amino-alcohol motifs (C(OH)–C–C–N with tert-alkyl or cyclic N) is 1. The monoisotopic (exact) mass is 286 g/mol. The Morgan fingerprint density at radius 3 is 2.80 bits per heavy atom. The van der Waals surface area contributed by atoms with Crippen LogP contribution in [0, 0.1) is 5.92 Å². The number of carbonyl (C=O) groups is 2. The Morgan fingerprint density at radius 1 is 1.45 bits per heavy atom. The Labute approximate surface area is 118 Å². The van der Waals surface area contributed by atoms with Crippen LogP contribution in [0.4, 0.5) is 4.79 Å². The van der Waals surface area contributed by atoms with Crippen LogP contribution in [0.1, 0.15) is 19.3 Å². The van der Waals surface area contributed by atoms with Gasteiger partial charge in [0.1, 0.15) is 6.04 Å². The van der Waals surface area contributed by atoms with E-state index in [4.69, 9.17) is 9.84 Å². The van der Waals surface area contributed by atoms with Gasteiger partial charge < -0.3 is 24.7 Å². The fraction of sp³-hybridized carbons (Fsp3) is 0.846. The summed E-state index contributed by atoms with van der Waals surface area (Å²) < 4.78 is 5.38. The number of hydrogen-bond donors (Lipinski definition) is 2. The molecule has 7 heteroatoms. The first-order chi connectivity index (χ1) is 9.49. The lowest BCUT2D eigenvalue weighted by Gasteiger charge is -2.31. The Morgan fingerprint density at radius 2 is 2.20 bits per heavy atom. The number of aliphatic carboxylic acids is 1. The van der Waals surface area contributed by atoms with Crippen LogP contribution in [0.15, 0.2) is 0 Å². The molecule has 0 saturated carbocycles. The number of aliphatic hydroxyl groups is 1. The van der Waals surface area contributed by atoms with Gasteiger partial charge in [0.25, 0.3) is 0 Å². The number of carboxylic acids is 1. The van der Waals surface area contributed by atoms with Crippen LogP contribution >= 0.6 is 0 Å². The molecule has 2 aliphatic heterocycles. The lowest BCUT2D eigenvalue weighted by Crippen LogP contribution is -2.48. The molecule has 2 amide bonds. The number of amides is 2. The minimum Gasteiger partial charge on any atom is -0.480 e. The number of carboxylic acid groups (broad SMARTS) is 1. The highest BCUT2D eigenvalue weighted by Gasteiger charge is 2.40. The number of likely N-dealkylation sites (tertiary alicyclic amines) is 1. The van der Waals surface area contributed by atoms with E-state index in [0.717, 1.165) is 19.4 Å². The summed E-state index contributed by atoms with van der Waals surface area (Å²) in [6.45, 7) is 2.05. The van der Waals surface area contributed by atoms with Gasteiger partial charge in [0.05, 0.1) is 12.7 Å². The summed E-state index contributed by atoms with van der Waals surface area (Å²) in [6, 6.07) is -1.26. The largest absolute Gasteiger partial charge is 0.480 e. The van der Waals surface area contributed by atoms with Crippen molar-refractivity contribution in [1.82, 2.24) is 9.80 Å². The molecule has 2 rings (SSSR count). The van der Waals surface area contributed by atoms with Gasteiger partial charge in [-0.1, -0.05) is 0 Å². The van der Waals surface area contributed by atoms with Crippen molar-refractivity contribution in [1.29, 1.82) is 0 Å². The predicted molar refractivity (Wildman–Crippen MR) is 70.3 cm³/mol. The Hall–Kier alpha value is -1.34.